The molecule has 0 aliphatic heterocycles. The first-order valence-electron chi connectivity index (χ1n) is 7.00. The molecular formula is C16H18FNO3S. The standard InChI is InChI=1S/C16H18FNO3S/c1-3-12-5-8-14(9-6-12)22(19,20)18-13-7-10-16(21-4-2)15(17)11-13/h5-11,18H,3-4H2,1-2H3. The lowest BCUT2D eigenvalue weighted by Gasteiger charge is -2.10. The summed E-state index contributed by atoms with van der Waals surface area (Å²) in [6, 6.07) is 10.5. The summed E-state index contributed by atoms with van der Waals surface area (Å²) in [5.74, 6) is -0.513. The smallest absolute Gasteiger partial charge is 0.261 e. The normalized spacial score (nSPS) is 11.2. The highest BCUT2D eigenvalue weighted by molar-refractivity contribution is 7.92. The molecule has 0 atom stereocenters. The van der Waals surface area contributed by atoms with Gasteiger partial charge in [0.25, 0.3) is 10.0 Å². The molecule has 2 aromatic rings. The SMILES string of the molecule is CCOc1ccc(NS(=O)(=O)c2ccc(CC)cc2)cc1F. The number of nitrogens with one attached hydrogen (secondary N) is 1. The van der Waals surface area contributed by atoms with Gasteiger partial charge in [0.1, 0.15) is 0 Å². The van der Waals surface area contributed by atoms with Gasteiger partial charge in [0.05, 0.1) is 17.2 Å². The molecule has 0 unspecified atom stereocenters. The summed E-state index contributed by atoms with van der Waals surface area (Å²) >= 11 is 0. The Bertz CT molecular complexity index is 742. The van der Waals surface area contributed by atoms with Gasteiger partial charge in [-0.25, -0.2) is 12.8 Å². The highest BCUT2D eigenvalue weighted by Crippen LogP contribution is 2.23. The number of sulfonamides is 1. The van der Waals surface area contributed by atoms with Crippen molar-refractivity contribution in [2.75, 3.05) is 11.3 Å². The van der Waals surface area contributed by atoms with E-state index in [9.17, 15) is 12.8 Å². The van der Waals surface area contributed by atoms with Crippen molar-refractivity contribution >= 4 is 15.7 Å². The van der Waals surface area contributed by atoms with E-state index in [4.69, 9.17) is 4.74 Å². The van der Waals surface area contributed by atoms with Crippen molar-refractivity contribution in [2.45, 2.75) is 25.2 Å². The quantitative estimate of drug-likeness (QED) is 0.884. The molecule has 0 saturated heterocycles. The third kappa shape index (κ3) is 3.76. The van der Waals surface area contributed by atoms with Crippen molar-refractivity contribution in [2.24, 2.45) is 0 Å². The van der Waals surface area contributed by atoms with Crippen LogP contribution in [0.5, 0.6) is 5.75 Å². The summed E-state index contributed by atoms with van der Waals surface area (Å²) in [4.78, 5) is 0.138. The lowest BCUT2D eigenvalue weighted by molar-refractivity contribution is 0.321. The number of hydrogen-bond donors (Lipinski definition) is 1. The molecule has 6 heteroatoms. The zero-order chi connectivity index (χ0) is 16.2. The Hall–Kier alpha value is -2.08. The van der Waals surface area contributed by atoms with Crippen LogP contribution in [-0.2, 0) is 16.4 Å². The first kappa shape index (κ1) is 16.3. The fraction of sp³-hybridized carbons (Fsp3) is 0.250. The second kappa shape index (κ2) is 6.79. The second-order valence-corrected chi connectivity index (χ2v) is 6.36. The average Bonchev–Trinajstić information content (AvgIpc) is 2.50. The van der Waals surface area contributed by atoms with Crippen LogP contribution in [0.4, 0.5) is 10.1 Å². The van der Waals surface area contributed by atoms with Gasteiger partial charge < -0.3 is 4.74 Å². The van der Waals surface area contributed by atoms with E-state index in [0.29, 0.717) is 6.61 Å². The third-order valence-electron chi connectivity index (χ3n) is 3.13. The maximum Gasteiger partial charge on any atom is 0.261 e. The zero-order valence-electron chi connectivity index (χ0n) is 12.5. The Balaban J connectivity index is 2.22. The number of rotatable bonds is 6. The van der Waals surface area contributed by atoms with Gasteiger partial charge in [-0.1, -0.05) is 19.1 Å². The number of benzene rings is 2. The van der Waals surface area contributed by atoms with Gasteiger partial charge in [0.2, 0.25) is 0 Å². The van der Waals surface area contributed by atoms with E-state index in [1.807, 2.05) is 6.92 Å². The molecule has 0 aromatic heterocycles. The third-order valence-corrected chi connectivity index (χ3v) is 4.52. The van der Waals surface area contributed by atoms with Crippen molar-refractivity contribution in [1.82, 2.24) is 0 Å². The monoisotopic (exact) mass is 323 g/mol. The van der Waals surface area contributed by atoms with E-state index in [-0.39, 0.29) is 16.3 Å². The van der Waals surface area contributed by atoms with Crippen molar-refractivity contribution in [3.8, 4) is 5.75 Å². The lowest BCUT2D eigenvalue weighted by atomic mass is 10.2. The molecule has 0 amide bonds. The molecule has 4 nitrogen and oxygen atoms in total. The van der Waals surface area contributed by atoms with Gasteiger partial charge in [-0.2, -0.15) is 0 Å². The molecule has 2 rings (SSSR count). The molecule has 118 valence electrons. The molecule has 0 heterocycles. The van der Waals surface area contributed by atoms with Gasteiger partial charge in [0.15, 0.2) is 11.6 Å². The summed E-state index contributed by atoms with van der Waals surface area (Å²) in [6.45, 7) is 4.08. The average molecular weight is 323 g/mol. The molecular weight excluding hydrogens is 305 g/mol. The van der Waals surface area contributed by atoms with E-state index in [1.54, 1.807) is 19.1 Å². The minimum atomic E-state index is -3.74. The predicted octanol–water partition coefficient (Wildman–Crippen LogP) is 3.59. The molecule has 0 bridgehead atoms. The summed E-state index contributed by atoms with van der Waals surface area (Å²) < 4.78 is 45.7. The summed E-state index contributed by atoms with van der Waals surface area (Å²) in [7, 11) is -3.74. The van der Waals surface area contributed by atoms with Crippen LogP contribution in [0.15, 0.2) is 47.4 Å². The van der Waals surface area contributed by atoms with Gasteiger partial charge >= 0.3 is 0 Å². The van der Waals surface area contributed by atoms with Crippen LogP contribution in [0.25, 0.3) is 0 Å². The van der Waals surface area contributed by atoms with Gasteiger partial charge in [0, 0.05) is 6.07 Å². The maximum absolute atomic E-state index is 13.8. The number of anilines is 1. The number of aryl methyl sites for hydroxylation is 1. The molecule has 0 aliphatic rings. The Kier molecular flexibility index (Phi) is 5.03. The molecule has 0 aliphatic carbocycles. The molecule has 1 N–H and O–H groups in total. The van der Waals surface area contributed by atoms with Crippen LogP contribution >= 0.6 is 0 Å². The number of hydrogen-bond acceptors (Lipinski definition) is 3. The molecule has 0 radical (unpaired) electrons. The highest BCUT2D eigenvalue weighted by Gasteiger charge is 2.15. The minimum Gasteiger partial charge on any atom is -0.491 e. The molecule has 0 saturated carbocycles. The van der Waals surface area contributed by atoms with Crippen molar-refractivity contribution in [3.05, 3.63) is 53.8 Å². The predicted molar refractivity (Wildman–Crippen MR) is 84.2 cm³/mol. The Morgan fingerprint density at radius 2 is 1.77 bits per heavy atom. The van der Waals surface area contributed by atoms with Gasteiger partial charge in [-0.3, -0.25) is 4.72 Å². The van der Waals surface area contributed by atoms with E-state index >= 15 is 0 Å². The van der Waals surface area contributed by atoms with Crippen molar-refractivity contribution in [3.63, 3.8) is 0 Å². The van der Waals surface area contributed by atoms with Gasteiger partial charge in [-0.15, -0.1) is 0 Å². The Morgan fingerprint density at radius 3 is 2.32 bits per heavy atom. The largest absolute Gasteiger partial charge is 0.491 e. The highest BCUT2D eigenvalue weighted by atomic mass is 32.2. The Morgan fingerprint density at radius 1 is 1.09 bits per heavy atom. The van der Waals surface area contributed by atoms with E-state index in [2.05, 4.69) is 4.72 Å². The number of ether oxygens (including phenoxy) is 1. The van der Waals surface area contributed by atoms with E-state index in [1.165, 1.54) is 24.3 Å². The van der Waals surface area contributed by atoms with E-state index in [0.717, 1.165) is 18.1 Å². The summed E-state index contributed by atoms with van der Waals surface area (Å²) in [6.07, 6.45) is 0.831. The van der Waals surface area contributed by atoms with Crippen LogP contribution in [0.1, 0.15) is 19.4 Å². The maximum atomic E-state index is 13.8. The molecule has 22 heavy (non-hydrogen) atoms. The summed E-state index contributed by atoms with van der Waals surface area (Å²) in [5.41, 5.74) is 1.20. The topological polar surface area (TPSA) is 55.4 Å². The number of halogens is 1. The minimum absolute atomic E-state index is 0.0951. The molecule has 2 aromatic carbocycles. The fourth-order valence-electron chi connectivity index (χ4n) is 1.96. The van der Waals surface area contributed by atoms with Crippen LogP contribution in [0.2, 0.25) is 0 Å². The van der Waals surface area contributed by atoms with Crippen molar-refractivity contribution < 1.29 is 17.5 Å². The van der Waals surface area contributed by atoms with Crippen LogP contribution in [0, 0.1) is 5.82 Å². The zero-order valence-corrected chi connectivity index (χ0v) is 13.3. The van der Waals surface area contributed by atoms with Gasteiger partial charge in [-0.05, 0) is 43.2 Å². The first-order chi connectivity index (χ1) is 10.5. The molecule has 0 spiro atoms. The fourth-order valence-corrected chi connectivity index (χ4v) is 3.00. The van der Waals surface area contributed by atoms with Crippen molar-refractivity contribution in [1.29, 1.82) is 0 Å². The van der Waals surface area contributed by atoms with E-state index < -0.39 is 15.8 Å². The van der Waals surface area contributed by atoms with Crippen LogP contribution in [-0.4, -0.2) is 15.0 Å². The molecule has 0 fully saturated rings. The van der Waals surface area contributed by atoms with Crippen LogP contribution < -0.4 is 9.46 Å². The Labute approximate surface area is 130 Å². The van der Waals surface area contributed by atoms with Crippen LogP contribution in [0.3, 0.4) is 0 Å². The lowest BCUT2D eigenvalue weighted by Crippen LogP contribution is -2.13. The summed E-state index contributed by atoms with van der Waals surface area (Å²) in [5, 5.41) is 0. The first-order valence-corrected chi connectivity index (χ1v) is 8.48. The second-order valence-electron chi connectivity index (χ2n) is 4.68.